The van der Waals surface area contributed by atoms with Crippen LogP contribution in [0.25, 0.3) is 10.9 Å². The Morgan fingerprint density at radius 2 is 2.00 bits per heavy atom. The van der Waals surface area contributed by atoms with E-state index in [0.29, 0.717) is 11.8 Å². The summed E-state index contributed by atoms with van der Waals surface area (Å²) >= 11 is 0. The first kappa shape index (κ1) is 13.2. The fourth-order valence-corrected chi connectivity index (χ4v) is 2.97. The second-order valence-corrected chi connectivity index (χ2v) is 5.72. The molecule has 1 saturated heterocycles. The molecule has 1 aromatic heterocycles. The average molecular weight is 271 g/mol. The highest BCUT2D eigenvalue weighted by Crippen LogP contribution is 2.33. The van der Waals surface area contributed by atoms with Gasteiger partial charge in [0.1, 0.15) is 5.75 Å². The van der Waals surface area contributed by atoms with Gasteiger partial charge in [0.15, 0.2) is 0 Å². The topological polar surface area (TPSA) is 39.6 Å². The minimum absolute atomic E-state index is 0.355. The van der Waals surface area contributed by atoms with Crippen molar-refractivity contribution in [3.8, 4) is 5.75 Å². The molecule has 0 saturated carbocycles. The Balaban J connectivity index is 1.86. The van der Waals surface area contributed by atoms with Gasteiger partial charge in [-0.3, -0.25) is 4.98 Å². The first-order chi connectivity index (χ1) is 9.65. The quantitative estimate of drug-likeness (QED) is 0.911. The van der Waals surface area contributed by atoms with E-state index >= 15 is 0 Å². The van der Waals surface area contributed by atoms with E-state index in [1.54, 1.807) is 6.20 Å². The van der Waals surface area contributed by atoms with E-state index in [4.69, 9.17) is 0 Å². The molecule has 1 aliphatic heterocycles. The monoisotopic (exact) mass is 271 g/mol. The maximum Gasteiger partial charge on any atom is 0.139 e. The lowest BCUT2D eigenvalue weighted by molar-refractivity contribution is 0.249. The fourth-order valence-electron chi connectivity index (χ4n) is 2.97. The van der Waals surface area contributed by atoms with Gasteiger partial charge in [0.2, 0.25) is 0 Å². The van der Waals surface area contributed by atoms with Crippen LogP contribution in [0.1, 0.15) is 12.8 Å². The minimum Gasteiger partial charge on any atom is -0.506 e. The third-order valence-electron chi connectivity index (χ3n) is 4.23. The highest BCUT2D eigenvalue weighted by molar-refractivity contribution is 5.85. The molecule has 0 amide bonds. The predicted molar refractivity (Wildman–Crippen MR) is 82.3 cm³/mol. The molecule has 106 valence electrons. The molecule has 0 radical (unpaired) electrons. The van der Waals surface area contributed by atoms with Gasteiger partial charge in [0, 0.05) is 30.7 Å². The van der Waals surface area contributed by atoms with Crippen molar-refractivity contribution in [2.75, 3.05) is 32.1 Å². The summed E-state index contributed by atoms with van der Waals surface area (Å²) in [7, 11) is 4.27. The largest absolute Gasteiger partial charge is 0.506 e. The van der Waals surface area contributed by atoms with E-state index in [0.717, 1.165) is 42.5 Å². The van der Waals surface area contributed by atoms with E-state index < -0.39 is 0 Å². The van der Waals surface area contributed by atoms with Crippen molar-refractivity contribution < 1.29 is 5.11 Å². The zero-order chi connectivity index (χ0) is 14.1. The summed E-state index contributed by atoms with van der Waals surface area (Å²) in [6, 6.07) is 8.33. The molecular weight excluding hydrogens is 250 g/mol. The van der Waals surface area contributed by atoms with Crippen molar-refractivity contribution in [1.29, 1.82) is 0 Å². The molecule has 2 heterocycles. The van der Waals surface area contributed by atoms with Crippen LogP contribution >= 0.6 is 0 Å². The molecule has 4 heteroatoms. The number of anilines is 1. The second-order valence-electron chi connectivity index (χ2n) is 5.72. The number of hydrogen-bond donors (Lipinski definition) is 1. The van der Waals surface area contributed by atoms with Crippen molar-refractivity contribution in [3.05, 3.63) is 30.5 Å². The molecule has 2 aromatic rings. The highest BCUT2D eigenvalue weighted by atomic mass is 16.3. The summed E-state index contributed by atoms with van der Waals surface area (Å²) in [5, 5.41) is 11.2. The van der Waals surface area contributed by atoms with E-state index in [9.17, 15) is 5.11 Å². The molecule has 0 bridgehead atoms. The third kappa shape index (κ3) is 2.43. The summed E-state index contributed by atoms with van der Waals surface area (Å²) in [5.41, 5.74) is 1.85. The number of benzene rings is 1. The zero-order valence-corrected chi connectivity index (χ0v) is 12.1. The van der Waals surface area contributed by atoms with E-state index in [2.05, 4.69) is 28.9 Å². The molecular formula is C16H21N3O. The van der Waals surface area contributed by atoms with Gasteiger partial charge in [-0.2, -0.15) is 0 Å². The number of pyridine rings is 1. The zero-order valence-electron chi connectivity index (χ0n) is 12.1. The van der Waals surface area contributed by atoms with Crippen molar-refractivity contribution in [3.63, 3.8) is 0 Å². The van der Waals surface area contributed by atoms with E-state index in [1.165, 1.54) is 0 Å². The molecule has 1 aliphatic rings. The van der Waals surface area contributed by atoms with Gasteiger partial charge in [-0.1, -0.05) is 6.07 Å². The normalized spacial score (nSPS) is 17.1. The lowest BCUT2D eigenvalue weighted by Gasteiger charge is -2.36. The minimum atomic E-state index is 0.355. The predicted octanol–water partition coefficient (Wildman–Crippen LogP) is 2.47. The molecule has 1 fully saturated rings. The average Bonchev–Trinajstić information content (AvgIpc) is 2.46. The van der Waals surface area contributed by atoms with Crippen molar-refractivity contribution in [1.82, 2.24) is 9.88 Å². The van der Waals surface area contributed by atoms with Crippen molar-refractivity contribution >= 4 is 16.6 Å². The molecule has 4 nitrogen and oxygen atoms in total. The molecule has 20 heavy (non-hydrogen) atoms. The van der Waals surface area contributed by atoms with Crippen LogP contribution in [0.4, 0.5) is 5.69 Å². The number of aromatic hydroxyl groups is 1. The first-order valence-corrected chi connectivity index (χ1v) is 7.14. The fraction of sp³-hybridized carbons (Fsp3) is 0.438. The number of rotatable bonds is 2. The maximum absolute atomic E-state index is 10.3. The van der Waals surface area contributed by atoms with Gasteiger partial charge < -0.3 is 14.9 Å². The number of aromatic nitrogens is 1. The molecule has 0 aliphatic carbocycles. The van der Waals surface area contributed by atoms with Crippen LogP contribution in [0.5, 0.6) is 5.75 Å². The SMILES string of the molecule is CN(C)C1CCN(c2cc3ncccc3cc2O)CC1. The standard InChI is InChI=1S/C16H21N3O/c1-18(2)13-5-8-19(9-6-13)15-11-14-12(10-16(15)20)4-3-7-17-14/h3-4,7,10-11,13,20H,5-6,8-9H2,1-2H3. The van der Waals surface area contributed by atoms with Crippen LogP contribution in [0.3, 0.4) is 0 Å². The number of fused-ring (bicyclic) bond motifs is 1. The van der Waals surface area contributed by atoms with Gasteiger partial charge in [0.05, 0.1) is 11.2 Å². The van der Waals surface area contributed by atoms with E-state index in [-0.39, 0.29) is 0 Å². The Labute approximate surface area is 119 Å². The summed E-state index contributed by atoms with van der Waals surface area (Å²) < 4.78 is 0. The van der Waals surface area contributed by atoms with Gasteiger partial charge in [-0.15, -0.1) is 0 Å². The third-order valence-corrected chi connectivity index (χ3v) is 4.23. The Hall–Kier alpha value is -1.81. The summed E-state index contributed by atoms with van der Waals surface area (Å²) in [6.07, 6.45) is 4.06. The number of nitrogens with zero attached hydrogens (tertiary/aromatic N) is 3. The Morgan fingerprint density at radius 1 is 1.25 bits per heavy atom. The van der Waals surface area contributed by atoms with Crippen LogP contribution in [0.2, 0.25) is 0 Å². The lowest BCUT2D eigenvalue weighted by Crippen LogP contribution is -2.42. The van der Waals surface area contributed by atoms with Gasteiger partial charge in [-0.25, -0.2) is 0 Å². The van der Waals surface area contributed by atoms with Crippen LogP contribution in [-0.4, -0.2) is 48.2 Å². The number of phenolic OH excluding ortho intramolecular Hbond substituents is 1. The second kappa shape index (κ2) is 5.29. The smallest absolute Gasteiger partial charge is 0.139 e. The van der Waals surface area contributed by atoms with Crippen LogP contribution in [0.15, 0.2) is 30.5 Å². The molecule has 0 unspecified atom stereocenters. The van der Waals surface area contributed by atoms with Crippen LogP contribution in [0, 0.1) is 0 Å². The summed E-state index contributed by atoms with van der Waals surface area (Å²) in [4.78, 5) is 8.93. The van der Waals surface area contributed by atoms with Gasteiger partial charge in [-0.05, 0) is 45.1 Å². The summed E-state index contributed by atoms with van der Waals surface area (Å²) in [5.74, 6) is 0.355. The summed E-state index contributed by atoms with van der Waals surface area (Å²) in [6.45, 7) is 1.96. The Bertz CT molecular complexity index is 604. The Morgan fingerprint density at radius 3 is 2.70 bits per heavy atom. The molecule has 1 N–H and O–H groups in total. The molecule has 3 rings (SSSR count). The van der Waals surface area contributed by atoms with Crippen molar-refractivity contribution in [2.24, 2.45) is 0 Å². The number of phenols is 1. The lowest BCUT2D eigenvalue weighted by atomic mass is 10.0. The molecule has 1 aromatic carbocycles. The van der Waals surface area contributed by atoms with E-state index in [1.807, 2.05) is 24.3 Å². The number of piperidine rings is 1. The molecule has 0 spiro atoms. The number of hydrogen-bond acceptors (Lipinski definition) is 4. The first-order valence-electron chi connectivity index (χ1n) is 7.14. The van der Waals surface area contributed by atoms with Crippen LogP contribution in [-0.2, 0) is 0 Å². The maximum atomic E-state index is 10.3. The Kier molecular flexibility index (Phi) is 3.49. The highest BCUT2D eigenvalue weighted by Gasteiger charge is 2.22. The van der Waals surface area contributed by atoms with Crippen LogP contribution < -0.4 is 4.90 Å². The van der Waals surface area contributed by atoms with Gasteiger partial charge in [0.25, 0.3) is 0 Å². The van der Waals surface area contributed by atoms with Crippen molar-refractivity contribution in [2.45, 2.75) is 18.9 Å². The molecule has 0 atom stereocenters. The van der Waals surface area contributed by atoms with Gasteiger partial charge >= 0.3 is 0 Å².